The molecule has 1 aromatic carbocycles. The van der Waals surface area contributed by atoms with Gasteiger partial charge in [0.2, 0.25) is 0 Å². The molecule has 2 aromatic heterocycles. The van der Waals surface area contributed by atoms with Gasteiger partial charge in [0.1, 0.15) is 10.8 Å². The van der Waals surface area contributed by atoms with E-state index in [0.717, 1.165) is 10.6 Å². The fourth-order valence-corrected chi connectivity index (χ4v) is 2.59. The topological polar surface area (TPSA) is 98.3 Å². The molecule has 8 heteroatoms. The van der Waals surface area contributed by atoms with E-state index in [1.54, 1.807) is 12.4 Å². The van der Waals surface area contributed by atoms with Crippen molar-refractivity contribution in [2.24, 2.45) is 0 Å². The number of pyridine rings is 1. The van der Waals surface area contributed by atoms with Gasteiger partial charge >= 0.3 is 5.97 Å². The molecule has 0 aliphatic heterocycles. The van der Waals surface area contributed by atoms with Crippen LogP contribution in [0.2, 0.25) is 0 Å². The second kappa shape index (κ2) is 9.46. The number of carbonyl (C=O) groups is 1. The SMILES string of the molecule is COc1cc(C(=O)O)ccc1N.Sc1csc(C#Cc2cccnc2)n1. The van der Waals surface area contributed by atoms with Crippen LogP contribution in [0.25, 0.3) is 0 Å². The van der Waals surface area contributed by atoms with Gasteiger partial charge in [-0.3, -0.25) is 4.98 Å². The number of carboxylic acid groups (broad SMARTS) is 1. The maximum Gasteiger partial charge on any atom is 0.335 e. The summed E-state index contributed by atoms with van der Waals surface area (Å²) in [5.74, 6) is 5.32. The molecule has 26 heavy (non-hydrogen) atoms. The maximum absolute atomic E-state index is 10.5. The highest BCUT2D eigenvalue weighted by Crippen LogP contribution is 2.21. The molecular weight excluding hydrogens is 370 g/mol. The number of nitrogens with zero attached hydrogens (tertiary/aromatic N) is 2. The summed E-state index contributed by atoms with van der Waals surface area (Å²) in [6.45, 7) is 0. The first-order valence-electron chi connectivity index (χ1n) is 7.23. The van der Waals surface area contributed by atoms with E-state index >= 15 is 0 Å². The fraction of sp³-hybridized carbons (Fsp3) is 0.0556. The molecule has 2 heterocycles. The molecule has 0 bridgehead atoms. The first-order chi connectivity index (χ1) is 12.5. The number of hydrogen-bond donors (Lipinski definition) is 3. The van der Waals surface area contributed by atoms with Gasteiger partial charge in [0.05, 0.1) is 18.4 Å². The van der Waals surface area contributed by atoms with Crippen molar-refractivity contribution in [1.82, 2.24) is 9.97 Å². The highest BCUT2D eigenvalue weighted by Gasteiger charge is 2.05. The van der Waals surface area contributed by atoms with Crippen LogP contribution in [-0.2, 0) is 0 Å². The van der Waals surface area contributed by atoms with Crippen LogP contribution in [0.15, 0.2) is 53.1 Å². The number of nitrogens with two attached hydrogens (primary N) is 1. The zero-order valence-electron chi connectivity index (χ0n) is 13.7. The molecule has 0 aliphatic rings. The fourth-order valence-electron chi connectivity index (χ4n) is 1.73. The van der Waals surface area contributed by atoms with Gasteiger partial charge in [-0.2, -0.15) is 0 Å². The predicted molar refractivity (Wildman–Crippen MR) is 104 cm³/mol. The van der Waals surface area contributed by atoms with Gasteiger partial charge in [0.25, 0.3) is 0 Å². The second-order valence-electron chi connectivity index (χ2n) is 4.76. The molecule has 3 aromatic rings. The molecule has 132 valence electrons. The molecule has 0 amide bonds. The monoisotopic (exact) mass is 385 g/mol. The first kappa shape index (κ1) is 19.3. The van der Waals surface area contributed by atoms with Gasteiger partial charge in [0.15, 0.2) is 5.01 Å². The van der Waals surface area contributed by atoms with Gasteiger partial charge in [0, 0.05) is 23.3 Å². The lowest BCUT2D eigenvalue weighted by Crippen LogP contribution is -1.99. The maximum atomic E-state index is 10.5. The number of thiazole rings is 1. The van der Waals surface area contributed by atoms with Crippen molar-refractivity contribution in [3.05, 3.63) is 64.2 Å². The summed E-state index contributed by atoms with van der Waals surface area (Å²) in [4.78, 5) is 18.6. The van der Waals surface area contributed by atoms with Crippen LogP contribution in [0.5, 0.6) is 5.75 Å². The minimum Gasteiger partial charge on any atom is -0.495 e. The molecule has 0 unspecified atom stereocenters. The van der Waals surface area contributed by atoms with Crippen molar-refractivity contribution >= 4 is 35.6 Å². The van der Waals surface area contributed by atoms with Crippen molar-refractivity contribution in [1.29, 1.82) is 0 Å². The van der Waals surface area contributed by atoms with Gasteiger partial charge in [-0.15, -0.1) is 24.0 Å². The molecule has 0 atom stereocenters. The summed E-state index contributed by atoms with van der Waals surface area (Å²) in [5.41, 5.74) is 6.97. The molecule has 3 N–H and O–H groups in total. The van der Waals surface area contributed by atoms with Crippen molar-refractivity contribution in [3.8, 4) is 17.6 Å². The molecule has 0 spiro atoms. The van der Waals surface area contributed by atoms with Crippen LogP contribution in [0.3, 0.4) is 0 Å². The Hall–Kier alpha value is -3.02. The molecule has 6 nitrogen and oxygen atoms in total. The Morgan fingerprint density at radius 1 is 1.35 bits per heavy atom. The van der Waals surface area contributed by atoms with Crippen LogP contribution in [0.1, 0.15) is 20.9 Å². The summed E-state index contributed by atoms with van der Waals surface area (Å²) >= 11 is 5.59. The Balaban J connectivity index is 0.000000190. The van der Waals surface area contributed by atoms with E-state index in [-0.39, 0.29) is 5.56 Å². The normalized spacial score (nSPS) is 9.31. The molecular formula is C18H15N3O3S2. The number of carboxylic acids is 1. The minimum absolute atomic E-state index is 0.168. The number of benzene rings is 1. The molecule has 0 saturated carbocycles. The van der Waals surface area contributed by atoms with Crippen LogP contribution >= 0.6 is 24.0 Å². The zero-order chi connectivity index (χ0) is 18.9. The van der Waals surface area contributed by atoms with E-state index < -0.39 is 5.97 Å². The average Bonchev–Trinajstić information content (AvgIpc) is 3.07. The third kappa shape index (κ3) is 5.81. The van der Waals surface area contributed by atoms with Gasteiger partial charge in [-0.25, -0.2) is 9.78 Å². The highest BCUT2D eigenvalue weighted by molar-refractivity contribution is 7.80. The number of ether oxygens (including phenoxy) is 1. The summed E-state index contributed by atoms with van der Waals surface area (Å²) in [5, 5.41) is 11.9. The lowest BCUT2D eigenvalue weighted by molar-refractivity contribution is 0.0696. The number of methoxy groups -OCH3 is 1. The van der Waals surface area contributed by atoms with Crippen LogP contribution in [0, 0.1) is 11.8 Å². The molecule has 0 saturated heterocycles. The van der Waals surface area contributed by atoms with Crippen molar-refractivity contribution in [2.75, 3.05) is 12.8 Å². The summed E-state index contributed by atoms with van der Waals surface area (Å²) in [7, 11) is 1.44. The quantitative estimate of drug-likeness (QED) is 0.356. The smallest absolute Gasteiger partial charge is 0.335 e. The van der Waals surface area contributed by atoms with Crippen LogP contribution in [-0.4, -0.2) is 28.2 Å². The number of nitrogen functional groups attached to an aromatic ring is 1. The standard InChI is InChI=1S/C10H6N2S2.C8H9NO3/c13-9-7-14-10(12-9)4-3-8-2-1-5-11-6-8;1-12-7-4-5(8(10)11)2-3-6(7)9/h1-2,5-7,13H;2-4H,9H2,1H3,(H,10,11). The Kier molecular flexibility index (Phi) is 7.02. The Labute approximate surface area is 160 Å². The first-order valence-corrected chi connectivity index (χ1v) is 8.55. The number of rotatable bonds is 2. The van der Waals surface area contributed by atoms with E-state index in [2.05, 4.69) is 34.4 Å². The third-order valence-corrected chi connectivity index (χ3v) is 4.11. The van der Waals surface area contributed by atoms with E-state index in [4.69, 9.17) is 15.6 Å². The largest absolute Gasteiger partial charge is 0.495 e. The molecule has 0 fully saturated rings. The number of hydrogen-bond acceptors (Lipinski definition) is 7. The number of aromatic carboxylic acids is 1. The molecule has 0 radical (unpaired) electrons. The van der Waals surface area contributed by atoms with E-state index in [0.29, 0.717) is 16.5 Å². The number of thiol groups is 1. The third-order valence-electron chi connectivity index (χ3n) is 2.95. The van der Waals surface area contributed by atoms with Crippen molar-refractivity contribution < 1.29 is 14.6 Å². The van der Waals surface area contributed by atoms with E-state index in [1.165, 1.54) is 36.6 Å². The Morgan fingerprint density at radius 3 is 2.73 bits per heavy atom. The van der Waals surface area contributed by atoms with Crippen molar-refractivity contribution in [2.45, 2.75) is 5.03 Å². The lowest BCUT2D eigenvalue weighted by Gasteiger charge is -2.03. The summed E-state index contributed by atoms with van der Waals surface area (Å²) in [6, 6.07) is 8.09. The predicted octanol–water partition coefficient (Wildman–Crippen LogP) is 3.20. The minimum atomic E-state index is -0.992. The van der Waals surface area contributed by atoms with Gasteiger partial charge < -0.3 is 15.6 Å². The van der Waals surface area contributed by atoms with Crippen molar-refractivity contribution in [3.63, 3.8) is 0 Å². The zero-order valence-corrected chi connectivity index (χ0v) is 15.4. The van der Waals surface area contributed by atoms with Crippen LogP contribution in [0.4, 0.5) is 5.69 Å². The number of anilines is 1. The molecule has 0 aliphatic carbocycles. The Morgan fingerprint density at radius 2 is 2.15 bits per heavy atom. The lowest BCUT2D eigenvalue weighted by atomic mass is 10.2. The van der Waals surface area contributed by atoms with Crippen LogP contribution < -0.4 is 10.5 Å². The summed E-state index contributed by atoms with van der Waals surface area (Å²) in [6.07, 6.45) is 3.45. The molecule has 3 rings (SSSR count). The summed E-state index contributed by atoms with van der Waals surface area (Å²) < 4.78 is 4.85. The van der Waals surface area contributed by atoms with Gasteiger partial charge in [-0.1, -0.05) is 5.92 Å². The van der Waals surface area contributed by atoms with E-state index in [9.17, 15) is 4.79 Å². The highest BCUT2D eigenvalue weighted by atomic mass is 32.1. The van der Waals surface area contributed by atoms with Gasteiger partial charge in [-0.05, 0) is 36.3 Å². The Bertz CT molecular complexity index is 947. The van der Waals surface area contributed by atoms with E-state index in [1.807, 2.05) is 17.5 Å². The second-order valence-corrected chi connectivity index (χ2v) is 6.08. The average molecular weight is 385 g/mol. The number of aromatic nitrogens is 2.